The Kier molecular flexibility index (Phi) is 3.13. The lowest BCUT2D eigenvalue weighted by molar-refractivity contribution is 0.712. The monoisotopic (exact) mass is 250 g/mol. The predicted octanol–water partition coefficient (Wildman–Crippen LogP) is 2.19. The standard InChI is InChI=1S/C15H14N4/c16-10-13-15(6-3-7-18-13)19-9-8-17-11-12-4-1-2-5-14(12)19/h1-7,17H,8-9,11H2. The van der Waals surface area contributed by atoms with Gasteiger partial charge in [0.15, 0.2) is 5.69 Å². The van der Waals surface area contributed by atoms with Crippen LogP contribution in [-0.4, -0.2) is 18.1 Å². The largest absolute Gasteiger partial charge is 0.338 e. The van der Waals surface area contributed by atoms with Crippen LogP contribution in [0.15, 0.2) is 42.6 Å². The van der Waals surface area contributed by atoms with Gasteiger partial charge in [0.05, 0.1) is 5.69 Å². The lowest BCUT2D eigenvalue weighted by Crippen LogP contribution is -2.25. The fourth-order valence-electron chi connectivity index (χ4n) is 2.41. The second-order valence-electron chi connectivity index (χ2n) is 4.44. The highest BCUT2D eigenvalue weighted by Crippen LogP contribution is 2.30. The van der Waals surface area contributed by atoms with E-state index < -0.39 is 0 Å². The van der Waals surface area contributed by atoms with E-state index in [2.05, 4.69) is 33.4 Å². The van der Waals surface area contributed by atoms with Gasteiger partial charge < -0.3 is 10.2 Å². The highest BCUT2D eigenvalue weighted by Gasteiger charge is 2.18. The molecule has 0 bridgehead atoms. The number of hydrogen-bond donors (Lipinski definition) is 1. The highest BCUT2D eigenvalue weighted by molar-refractivity contribution is 5.70. The van der Waals surface area contributed by atoms with Crippen molar-refractivity contribution in [3.8, 4) is 6.07 Å². The van der Waals surface area contributed by atoms with Gasteiger partial charge in [-0.15, -0.1) is 0 Å². The maximum absolute atomic E-state index is 9.21. The van der Waals surface area contributed by atoms with Gasteiger partial charge in [-0.3, -0.25) is 0 Å². The zero-order chi connectivity index (χ0) is 13.1. The summed E-state index contributed by atoms with van der Waals surface area (Å²) in [7, 11) is 0. The molecule has 0 spiro atoms. The summed E-state index contributed by atoms with van der Waals surface area (Å²) in [4.78, 5) is 6.32. The molecular formula is C15H14N4. The topological polar surface area (TPSA) is 52.0 Å². The van der Waals surface area contributed by atoms with Crippen molar-refractivity contribution in [1.29, 1.82) is 5.26 Å². The first kappa shape index (κ1) is 11.7. The smallest absolute Gasteiger partial charge is 0.164 e. The first-order valence-corrected chi connectivity index (χ1v) is 6.31. The molecule has 0 saturated carbocycles. The van der Waals surface area contributed by atoms with Crippen LogP contribution in [0.4, 0.5) is 11.4 Å². The van der Waals surface area contributed by atoms with Gasteiger partial charge in [0.25, 0.3) is 0 Å². The third kappa shape index (κ3) is 2.16. The molecule has 0 radical (unpaired) electrons. The van der Waals surface area contributed by atoms with Crippen molar-refractivity contribution in [2.24, 2.45) is 0 Å². The summed E-state index contributed by atoms with van der Waals surface area (Å²) >= 11 is 0. The lowest BCUT2D eigenvalue weighted by Gasteiger charge is -2.25. The fourth-order valence-corrected chi connectivity index (χ4v) is 2.41. The zero-order valence-electron chi connectivity index (χ0n) is 10.5. The summed E-state index contributed by atoms with van der Waals surface area (Å²) in [6, 6.07) is 14.3. The molecule has 4 heteroatoms. The average molecular weight is 250 g/mol. The van der Waals surface area contributed by atoms with Gasteiger partial charge in [-0.1, -0.05) is 18.2 Å². The molecule has 0 aliphatic carbocycles. The number of hydrogen-bond acceptors (Lipinski definition) is 4. The van der Waals surface area contributed by atoms with E-state index in [9.17, 15) is 5.26 Å². The third-order valence-corrected chi connectivity index (χ3v) is 3.29. The third-order valence-electron chi connectivity index (χ3n) is 3.29. The Hall–Kier alpha value is -2.38. The first-order chi connectivity index (χ1) is 9.40. The van der Waals surface area contributed by atoms with Crippen LogP contribution < -0.4 is 10.2 Å². The van der Waals surface area contributed by atoms with E-state index in [1.54, 1.807) is 6.20 Å². The quantitative estimate of drug-likeness (QED) is 0.843. The van der Waals surface area contributed by atoms with Gasteiger partial charge in [0.1, 0.15) is 6.07 Å². The van der Waals surface area contributed by atoms with Crippen LogP contribution in [0.3, 0.4) is 0 Å². The molecule has 1 aromatic carbocycles. The summed E-state index contributed by atoms with van der Waals surface area (Å²) in [6.07, 6.45) is 1.66. The van der Waals surface area contributed by atoms with Crippen LogP contribution in [0.25, 0.3) is 0 Å². The average Bonchev–Trinajstić information content (AvgIpc) is 2.69. The van der Waals surface area contributed by atoms with E-state index in [0.717, 1.165) is 31.0 Å². The molecule has 0 amide bonds. The molecule has 0 atom stereocenters. The molecule has 4 nitrogen and oxygen atoms in total. The Morgan fingerprint density at radius 1 is 1.16 bits per heavy atom. The molecule has 0 unspecified atom stereocenters. The molecule has 1 aliphatic heterocycles. The van der Waals surface area contributed by atoms with E-state index in [4.69, 9.17) is 0 Å². The molecule has 1 N–H and O–H groups in total. The van der Waals surface area contributed by atoms with Gasteiger partial charge in [-0.25, -0.2) is 4.98 Å². The number of nitrogens with zero attached hydrogens (tertiary/aromatic N) is 3. The molecule has 3 rings (SSSR count). The Morgan fingerprint density at radius 2 is 2.00 bits per heavy atom. The van der Waals surface area contributed by atoms with Gasteiger partial charge in [0, 0.05) is 31.5 Å². The van der Waals surface area contributed by atoms with Crippen molar-refractivity contribution < 1.29 is 0 Å². The van der Waals surface area contributed by atoms with Gasteiger partial charge in [0.2, 0.25) is 0 Å². The second kappa shape index (κ2) is 5.09. The number of pyridine rings is 1. The van der Waals surface area contributed by atoms with Gasteiger partial charge in [-0.05, 0) is 23.8 Å². The number of aromatic nitrogens is 1. The molecular weight excluding hydrogens is 236 g/mol. The molecule has 2 aromatic rings. The molecule has 2 heterocycles. The molecule has 0 fully saturated rings. The number of nitriles is 1. The van der Waals surface area contributed by atoms with Crippen molar-refractivity contribution in [3.63, 3.8) is 0 Å². The van der Waals surface area contributed by atoms with E-state index in [0.29, 0.717) is 5.69 Å². The maximum atomic E-state index is 9.21. The fraction of sp³-hybridized carbons (Fsp3) is 0.200. The predicted molar refractivity (Wildman–Crippen MR) is 74.1 cm³/mol. The van der Waals surface area contributed by atoms with Crippen molar-refractivity contribution in [2.75, 3.05) is 18.0 Å². The highest BCUT2D eigenvalue weighted by atomic mass is 15.2. The molecule has 1 aromatic heterocycles. The summed E-state index contributed by atoms with van der Waals surface area (Å²) in [5.74, 6) is 0. The molecule has 0 saturated heterocycles. The van der Waals surface area contributed by atoms with E-state index in [-0.39, 0.29) is 0 Å². The number of anilines is 2. The summed E-state index contributed by atoms with van der Waals surface area (Å²) in [6.45, 7) is 2.57. The van der Waals surface area contributed by atoms with Crippen LogP contribution >= 0.6 is 0 Å². The van der Waals surface area contributed by atoms with E-state index >= 15 is 0 Å². The molecule has 94 valence electrons. The SMILES string of the molecule is N#Cc1ncccc1N1CCNCc2ccccc21. The number of rotatable bonds is 1. The molecule has 19 heavy (non-hydrogen) atoms. The van der Waals surface area contributed by atoms with Crippen LogP contribution in [0, 0.1) is 11.3 Å². The summed E-state index contributed by atoms with van der Waals surface area (Å²) < 4.78 is 0. The van der Waals surface area contributed by atoms with Crippen molar-refractivity contribution in [2.45, 2.75) is 6.54 Å². The number of nitrogens with one attached hydrogen (secondary N) is 1. The van der Waals surface area contributed by atoms with Gasteiger partial charge >= 0.3 is 0 Å². The first-order valence-electron chi connectivity index (χ1n) is 6.31. The minimum Gasteiger partial charge on any atom is -0.338 e. The number of fused-ring (bicyclic) bond motifs is 1. The minimum absolute atomic E-state index is 0.471. The Morgan fingerprint density at radius 3 is 2.89 bits per heavy atom. The van der Waals surface area contributed by atoms with Crippen LogP contribution in [0.5, 0.6) is 0 Å². The zero-order valence-corrected chi connectivity index (χ0v) is 10.5. The molecule has 1 aliphatic rings. The van der Waals surface area contributed by atoms with Crippen LogP contribution in [0.2, 0.25) is 0 Å². The van der Waals surface area contributed by atoms with Crippen molar-refractivity contribution >= 4 is 11.4 Å². The summed E-state index contributed by atoms with van der Waals surface area (Å²) in [5.41, 5.74) is 3.74. The van der Waals surface area contributed by atoms with E-state index in [1.807, 2.05) is 24.3 Å². The maximum Gasteiger partial charge on any atom is 0.164 e. The lowest BCUT2D eigenvalue weighted by atomic mass is 10.1. The summed E-state index contributed by atoms with van der Waals surface area (Å²) in [5, 5.41) is 12.6. The minimum atomic E-state index is 0.471. The van der Waals surface area contributed by atoms with Crippen LogP contribution in [0.1, 0.15) is 11.3 Å². The number of benzene rings is 1. The van der Waals surface area contributed by atoms with Gasteiger partial charge in [-0.2, -0.15) is 5.26 Å². The number of para-hydroxylation sites is 1. The van der Waals surface area contributed by atoms with Crippen LogP contribution in [-0.2, 0) is 6.54 Å². The Balaban J connectivity index is 2.12. The van der Waals surface area contributed by atoms with E-state index in [1.165, 1.54) is 5.56 Å². The Bertz CT molecular complexity index is 630. The Labute approximate surface area is 112 Å². The normalized spacial score (nSPS) is 14.4. The van der Waals surface area contributed by atoms with Crippen molar-refractivity contribution in [3.05, 3.63) is 53.9 Å². The van der Waals surface area contributed by atoms with Crippen molar-refractivity contribution in [1.82, 2.24) is 10.3 Å². The second-order valence-corrected chi connectivity index (χ2v) is 4.44.